The number of hydrogen-bond donors (Lipinski definition) is 2. The van der Waals surface area contributed by atoms with Crippen LogP contribution < -0.4 is 5.32 Å². The van der Waals surface area contributed by atoms with Crippen molar-refractivity contribution in [2.24, 2.45) is 10.8 Å². The number of carboxylic acids is 1. The van der Waals surface area contributed by atoms with Crippen molar-refractivity contribution < 1.29 is 9.90 Å². The molecule has 0 aromatic carbocycles. The lowest BCUT2D eigenvalue weighted by atomic mass is 9.88. The molecule has 2 N–H and O–H groups in total. The molecule has 0 spiro atoms. The lowest BCUT2D eigenvalue weighted by Gasteiger charge is -2.25. The summed E-state index contributed by atoms with van der Waals surface area (Å²) in [5.41, 5.74) is -0.323. The van der Waals surface area contributed by atoms with Gasteiger partial charge in [0.1, 0.15) is 0 Å². The van der Waals surface area contributed by atoms with Gasteiger partial charge in [0.25, 0.3) is 0 Å². The van der Waals surface area contributed by atoms with Crippen LogP contribution in [-0.4, -0.2) is 24.2 Å². The fourth-order valence-corrected chi connectivity index (χ4v) is 1.06. The highest BCUT2D eigenvalue weighted by molar-refractivity contribution is 5.73. The Morgan fingerprint density at radius 1 is 1.27 bits per heavy atom. The Morgan fingerprint density at radius 2 is 1.80 bits per heavy atom. The standard InChI is InChI=1S/C12H25NO2/c1-6-11(2,3)9-13-8-7-12(4,5)10(14)15/h13H,6-9H2,1-5H3,(H,14,15). The third kappa shape index (κ3) is 5.78. The number of hydrogen-bond acceptors (Lipinski definition) is 2. The molecule has 90 valence electrons. The third-order valence-corrected chi connectivity index (χ3v) is 3.07. The molecule has 0 aromatic heterocycles. The molecule has 3 nitrogen and oxygen atoms in total. The molecule has 15 heavy (non-hydrogen) atoms. The van der Waals surface area contributed by atoms with Crippen LogP contribution in [0.15, 0.2) is 0 Å². The van der Waals surface area contributed by atoms with Crippen molar-refractivity contribution in [2.45, 2.75) is 47.5 Å². The first-order valence-electron chi connectivity index (χ1n) is 5.65. The molecule has 0 rings (SSSR count). The molecule has 3 heteroatoms. The van der Waals surface area contributed by atoms with Crippen molar-refractivity contribution >= 4 is 5.97 Å². The summed E-state index contributed by atoms with van der Waals surface area (Å²) < 4.78 is 0. The molecule has 0 amide bonds. The van der Waals surface area contributed by atoms with Crippen molar-refractivity contribution in [2.75, 3.05) is 13.1 Å². The molecule has 0 radical (unpaired) electrons. The fraction of sp³-hybridized carbons (Fsp3) is 0.917. The van der Waals surface area contributed by atoms with Crippen molar-refractivity contribution in [1.29, 1.82) is 0 Å². The number of carboxylic acid groups (broad SMARTS) is 1. The SMILES string of the molecule is CCC(C)(C)CNCCC(C)(C)C(=O)O. The van der Waals surface area contributed by atoms with Crippen LogP contribution in [0.3, 0.4) is 0 Å². The van der Waals surface area contributed by atoms with Gasteiger partial charge >= 0.3 is 5.97 Å². The normalized spacial score (nSPS) is 12.9. The zero-order valence-electron chi connectivity index (χ0n) is 10.7. The Bertz CT molecular complexity index is 210. The minimum Gasteiger partial charge on any atom is -0.481 e. The molecule has 0 aliphatic heterocycles. The summed E-state index contributed by atoms with van der Waals surface area (Å²) in [6.07, 6.45) is 1.80. The Morgan fingerprint density at radius 3 is 2.20 bits per heavy atom. The van der Waals surface area contributed by atoms with Crippen molar-refractivity contribution in [3.05, 3.63) is 0 Å². The third-order valence-electron chi connectivity index (χ3n) is 3.07. The van der Waals surface area contributed by atoms with Gasteiger partial charge in [-0.1, -0.05) is 20.8 Å². The summed E-state index contributed by atoms with van der Waals surface area (Å²) in [6.45, 7) is 11.8. The maximum Gasteiger partial charge on any atom is 0.309 e. The Balaban J connectivity index is 3.77. The highest BCUT2D eigenvalue weighted by Gasteiger charge is 2.26. The number of carbonyl (C=O) groups is 1. The van der Waals surface area contributed by atoms with Crippen molar-refractivity contribution in [3.8, 4) is 0 Å². The summed E-state index contributed by atoms with van der Waals surface area (Å²) in [5, 5.41) is 12.2. The van der Waals surface area contributed by atoms with Crippen LogP contribution in [0.1, 0.15) is 47.5 Å². The van der Waals surface area contributed by atoms with Crippen LogP contribution in [0.2, 0.25) is 0 Å². The maximum absolute atomic E-state index is 10.8. The largest absolute Gasteiger partial charge is 0.481 e. The second-order valence-corrected chi connectivity index (χ2v) is 5.63. The van der Waals surface area contributed by atoms with E-state index in [1.54, 1.807) is 13.8 Å². The Hall–Kier alpha value is -0.570. The molecular weight excluding hydrogens is 190 g/mol. The van der Waals surface area contributed by atoms with E-state index in [-0.39, 0.29) is 0 Å². The number of aliphatic carboxylic acids is 1. The minimum absolute atomic E-state index is 0.299. The molecular formula is C12H25NO2. The van der Waals surface area contributed by atoms with Gasteiger partial charge in [-0.2, -0.15) is 0 Å². The van der Waals surface area contributed by atoms with E-state index in [1.807, 2.05) is 0 Å². The smallest absolute Gasteiger partial charge is 0.309 e. The van der Waals surface area contributed by atoms with Crippen LogP contribution >= 0.6 is 0 Å². The molecule has 0 atom stereocenters. The van der Waals surface area contributed by atoms with E-state index >= 15 is 0 Å². The Kier molecular flexibility index (Phi) is 5.29. The van der Waals surface area contributed by atoms with Gasteiger partial charge in [-0.15, -0.1) is 0 Å². The fourth-order valence-electron chi connectivity index (χ4n) is 1.06. The molecule has 0 aromatic rings. The lowest BCUT2D eigenvalue weighted by molar-refractivity contribution is -0.147. The van der Waals surface area contributed by atoms with Crippen LogP contribution in [0, 0.1) is 10.8 Å². The molecule has 0 unspecified atom stereocenters. The topological polar surface area (TPSA) is 49.3 Å². The van der Waals surface area contributed by atoms with E-state index in [1.165, 1.54) is 0 Å². The minimum atomic E-state index is -0.723. The van der Waals surface area contributed by atoms with Crippen molar-refractivity contribution in [1.82, 2.24) is 5.32 Å². The van der Waals surface area contributed by atoms with Crippen LogP contribution in [0.4, 0.5) is 0 Å². The summed E-state index contributed by atoms with van der Waals surface area (Å²) in [6, 6.07) is 0. The van der Waals surface area contributed by atoms with Crippen LogP contribution in [-0.2, 0) is 4.79 Å². The quantitative estimate of drug-likeness (QED) is 0.642. The average Bonchev–Trinajstić information content (AvgIpc) is 2.12. The van der Waals surface area contributed by atoms with Crippen LogP contribution in [0.5, 0.6) is 0 Å². The molecule has 0 aliphatic carbocycles. The number of nitrogens with one attached hydrogen (secondary N) is 1. The van der Waals surface area contributed by atoms with E-state index in [2.05, 4.69) is 26.1 Å². The van der Waals surface area contributed by atoms with E-state index in [4.69, 9.17) is 5.11 Å². The summed E-state index contributed by atoms with van der Waals surface area (Å²) >= 11 is 0. The molecule has 0 aliphatic rings. The van der Waals surface area contributed by atoms with E-state index in [9.17, 15) is 4.79 Å². The molecule has 0 bridgehead atoms. The first-order chi connectivity index (χ1) is 6.71. The van der Waals surface area contributed by atoms with E-state index in [0.29, 0.717) is 11.8 Å². The summed E-state index contributed by atoms with van der Waals surface area (Å²) in [4.78, 5) is 10.8. The second kappa shape index (κ2) is 5.50. The monoisotopic (exact) mass is 215 g/mol. The molecule has 0 fully saturated rings. The predicted octanol–water partition coefficient (Wildman–Crippen LogP) is 2.51. The molecule has 0 saturated heterocycles. The van der Waals surface area contributed by atoms with Gasteiger partial charge in [0, 0.05) is 6.54 Å². The van der Waals surface area contributed by atoms with Gasteiger partial charge in [-0.05, 0) is 38.6 Å². The number of rotatable bonds is 7. The highest BCUT2D eigenvalue weighted by atomic mass is 16.4. The zero-order valence-corrected chi connectivity index (χ0v) is 10.7. The van der Waals surface area contributed by atoms with Gasteiger partial charge < -0.3 is 10.4 Å². The summed E-state index contributed by atoms with van der Waals surface area (Å²) in [7, 11) is 0. The van der Waals surface area contributed by atoms with Gasteiger partial charge in [0.2, 0.25) is 0 Å². The van der Waals surface area contributed by atoms with Gasteiger partial charge in [0.15, 0.2) is 0 Å². The average molecular weight is 215 g/mol. The predicted molar refractivity (Wildman–Crippen MR) is 63.0 cm³/mol. The Labute approximate surface area is 93.3 Å². The summed E-state index contributed by atoms with van der Waals surface area (Å²) in [5.74, 6) is -0.723. The second-order valence-electron chi connectivity index (χ2n) is 5.63. The zero-order chi connectivity index (χ0) is 12.1. The van der Waals surface area contributed by atoms with Gasteiger partial charge in [0.05, 0.1) is 5.41 Å². The first-order valence-corrected chi connectivity index (χ1v) is 5.65. The first kappa shape index (κ1) is 14.4. The van der Waals surface area contributed by atoms with E-state index in [0.717, 1.165) is 19.5 Å². The van der Waals surface area contributed by atoms with Crippen LogP contribution in [0.25, 0.3) is 0 Å². The molecule has 0 saturated carbocycles. The van der Waals surface area contributed by atoms with Gasteiger partial charge in [-0.25, -0.2) is 0 Å². The maximum atomic E-state index is 10.8. The van der Waals surface area contributed by atoms with E-state index < -0.39 is 11.4 Å². The molecule has 0 heterocycles. The lowest BCUT2D eigenvalue weighted by Crippen LogP contribution is -2.33. The van der Waals surface area contributed by atoms with Crippen molar-refractivity contribution in [3.63, 3.8) is 0 Å². The van der Waals surface area contributed by atoms with Gasteiger partial charge in [-0.3, -0.25) is 4.79 Å². The highest BCUT2D eigenvalue weighted by Crippen LogP contribution is 2.20.